The highest BCUT2D eigenvalue weighted by atomic mass is 16.6. The number of fused-ring (bicyclic) bond motifs is 1. The van der Waals surface area contributed by atoms with E-state index in [9.17, 15) is 14.4 Å². The van der Waals surface area contributed by atoms with Crippen molar-refractivity contribution in [3.63, 3.8) is 0 Å². The maximum Gasteiger partial charge on any atom is 0.410 e. The zero-order valence-electron chi connectivity index (χ0n) is 21.1. The van der Waals surface area contributed by atoms with Crippen molar-refractivity contribution in [3.05, 3.63) is 71.8 Å². The molecule has 4 rings (SSSR count). The molecule has 10 nitrogen and oxygen atoms in total. The summed E-state index contributed by atoms with van der Waals surface area (Å²) in [7, 11) is 0. The van der Waals surface area contributed by atoms with Gasteiger partial charge in [0, 0.05) is 12.5 Å². The number of carbonyl (C=O) groups is 3. The Morgan fingerprint density at radius 1 is 1.11 bits per heavy atom. The monoisotopic (exact) mass is 507 g/mol. The van der Waals surface area contributed by atoms with E-state index in [1.54, 1.807) is 6.20 Å². The molecule has 1 unspecified atom stereocenters. The van der Waals surface area contributed by atoms with Crippen LogP contribution >= 0.6 is 0 Å². The SMILES string of the molecule is CC(C)C(=O)N[C@H](COCc1ccccc1)c1ncc2cccc(COC(=O)N3CCCC3C(N)=O)n12. The minimum absolute atomic E-state index is 0.0444. The predicted octanol–water partition coefficient (Wildman–Crippen LogP) is 2.95. The molecule has 0 saturated carbocycles. The standard InChI is InChI=1S/C27H33N5O5/c1-18(2)26(34)30-22(17-36-15-19-8-4-3-5-9-19)25-29-14-20-10-6-11-21(32(20)25)16-37-27(35)31-13-7-12-23(31)24(28)33/h3-6,8-11,14,18,22-23H,7,12-13,15-17H2,1-2H3,(H2,28,33)(H,30,34)/t22-,23?/m1/s1. The van der Waals surface area contributed by atoms with E-state index in [2.05, 4.69) is 10.3 Å². The van der Waals surface area contributed by atoms with E-state index in [-0.39, 0.29) is 25.0 Å². The normalized spacial score (nSPS) is 16.2. The average Bonchev–Trinajstić information content (AvgIpc) is 3.55. The number of nitrogens with one attached hydrogen (secondary N) is 1. The van der Waals surface area contributed by atoms with Gasteiger partial charge in [-0.2, -0.15) is 0 Å². The van der Waals surface area contributed by atoms with Gasteiger partial charge < -0.3 is 20.5 Å². The summed E-state index contributed by atoms with van der Waals surface area (Å²) in [6.07, 6.45) is 2.35. The number of carbonyl (C=O) groups excluding carboxylic acids is 3. The molecule has 1 aromatic carbocycles. The Kier molecular flexibility index (Phi) is 8.39. The highest BCUT2D eigenvalue weighted by Gasteiger charge is 2.34. The molecule has 10 heteroatoms. The van der Waals surface area contributed by atoms with Gasteiger partial charge in [-0.1, -0.05) is 50.2 Å². The Hall–Kier alpha value is -3.92. The number of nitrogens with two attached hydrogens (primary N) is 1. The van der Waals surface area contributed by atoms with Crippen molar-refractivity contribution in [3.8, 4) is 0 Å². The minimum atomic E-state index is -0.649. The quantitative estimate of drug-likeness (QED) is 0.434. The van der Waals surface area contributed by atoms with Gasteiger partial charge in [0.25, 0.3) is 0 Å². The van der Waals surface area contributed by atoms with E-state index in [1.165, 1.54) is 4.90 Å². The summed E-state index contributed by atoms with van der Waals surface area (Å²) in [5, 5.41) is 3.04. The first-order valence-electron chi connectivity index (χ1n) is 12.4. The third kappa shape index (κ3) is 6.26. The van der Waals surface area contributed by atoms with Crippen LogP contribution in [0.3, 0.4) is 0 Å². The number of amides is 3. The van der Waals surface area contributed by atoms with E-state index >= 15 is 0 Å². The minimum Gasteiger partial charge on any atom is -0.443 e. The van der Waals surface area contributed by atoms with Crippen molar-refractivity contribution in [2.75, 3.05) is 13.2 Å². The zero-order valence-corrected chi connectivity index (χ0v) is 21.1. The molecule has 0 aliphatic carbocycles. The number of pyridine rings is 1. The molecule has 1 aliphatic rings. The van der Waals surface area contributed by atoms with Gasteiger partial charge in [-0.25, -0.2) is 9.78 Å². The van der Waals surface area contributed by atoms with Crippen LogP contribution in [0.4, 0.5) is 4.79 Å². The Labute approximate surface area is 215 Å². The Bertz CT molecular complexity index is 1240. The smallest absolute Gasteiger partial charge is 0.410 e. The first-order chi connectivity index (χ1) is 17.8. The number of rotatable bonds is 10. The lowest BCUT2D eigenvalue weighted by Gasteiger charge is -2.22. The van der Waals surface area contributed by atoms with E-state index in [0.717, 1.165) is 11.1 Å². The number of aromatic nitrogens is 2. The molecule has 0 radical (unpaired) electrons. The fourth-order valence-electron chi connectivity index (χ4n) is 4.39. The molecule has 2 atom stereocenters. The lowest BCUT2D eigenvalue weighted by Crippen LogP contribution is -2.43. The third-order valence-electron chi connectivity index (χ3n) is 6.37. The van der Waals surface area contributed by atoms with E-state index in [1.807, 2.05) is 66.8 Å². The number of nitrogens with zero attached hydrogens (tertiary/aromatic N) is 3. The lowest BCUT2D eigenvalue weighted by atomic mass is 10.2. The number of hydrogen-bond donors (Lipinski definition) is 2. The van der Waals surface area contributed by atoms with E-state index in [4.69, 9.17) is 15.2 Å². The molecule has 0 spiro atoms. The molecule has 1 aliphatic heterocycles. The van der Waals surface area contributed by atoms with Crippen LogP contribution in [0.2, 0.25) is 0 Å². The van der Waals surface area contributed by atoms with Crippen LogP contribution in [0, 0.1) is 5.92 Å². The molecule has 37 heavy (non-hydrogen) atoms. The van der Waals surface area contributed by atoms with Gasteiger partial charge in [-0.15, -0.1) is 0 Å². The molecule has 3 N–H and O–H groups in total. The number of imidazole rings is 1. The van der Waals surface area contributed by atoms with Gasteiger partial charge in [-0.05, 0) is 30.5 Å². The molecule has 196 valence electrons. The summed E-state index contributed by atoms with van der Waals surface area (Å²) in [6, 6.07) is 14.2. The summed E-state index contributed by atoms with van der Waals surface area (Å²) in [6.45, 7) is 4.62. The van der Waals surface area contributed by atoms with Crippen LogP contribution in [0.1, 0.15) is 49.8 Å². The van der Waals surface area contributed by atoms with Gasteiger partial charge in [0.2, 0.25) is 11.8 Å². The summed E-state index contributed by atoms with van der Waals surface area (Å²) >= 11 is 0. The molecule has 3 heterocycles. The number of primary amides is 1. The van der Waals surface area contributed by atoms with Gasteiger partial charge >= 0.3 is 6.09 Å². The van der Waals surface area contributed by atoms with Gasteiger partial charge in [0.05, 0.1) is 30.6 Å². The Morgan fingerprint density at radius 3 is 2.62 bits per heavy atom. The Balaban J connectivity index is 1.54. The second-order valence-electron chi connectivity index (χ2n) is 9.42. The Morgan fingerprint density at radius 2 is 1.89 bits per heavy atom. The number of likely N-dealkylation sites (tertiary alicyclic amines) is 1. The van der Waals surface area contributed by atoms with Crippen LogP contribution in [0.25, 0.3) is 5.52 Å². The van der Waals surface area contributed by atoms with Crippen molar-refractivity contribution in [1.82, 2.24) is 19.6 Å². The molecule has 1 saturated heterocycles. The second-order valence-corrected chi connectivity index (χ2v) is 9.42. The van der Waals surface area contributed by atoms with Gasteiger partial charge in [-0.3, -0.25) is 18.9 Å². The lowest BCUT2D eigenvalue weighted by molar-refractivity contribution is -0.125. The van der Waals surface area contributed by atoms with Crippen molar-refractivity contribution in [2.24, 2.45) is 11.7 Å². The highest BCUT2D eigenvalue weighted by molar-refractivity contribution is 5.84. The maximum atomic E-state index is 12.7. The van der Waals surface area contributed by atoms with Gasteiger partial charge in [0.1, 0.15) is 24.5 Å². The molecule has 1 fully saturated rings. The van der Waals surface area contributed by atoms with E-state index in [0.29, 0.717) is 37.5 Å². The fraction of sp³-hybridized carbons (Fsp3) is 0.407. The van der Waals surface area contributed by atoms with E-state index < -0.39 is 24.1 Å². The second kappa shape index (κ2) is 11.9. The number of ether oxygens (including phenoxy) is 2. The predicted molar refractivity (Wildman–Crippen MR) is 136 cm³/mol. The van der Waals surface area contributed by atoms with Crippen LogP contribution in [0.5, 0.6) is 0 Å². The first kappa shape index (κ1) is 26.2. The van der Waals surface area contributed by atoms with Crippen LogP contribution in [0.15, 0.2) is 54.7 Å². The van der Waals surface area contributed by atoms with Crippen LogP contribution < -0.4 is 11.1 Å². The number of benzene rings is 1. The third-order valence-corrected chi connectivity index (χ3v) is 6.37. The summed E-state index contributed by atoms with van der Waals surface area (Å²) in [4.78, 5) is 43.0. The zero-order chi connectivity index (χ0) is 26.4. The average molecular weight is 508 g/mol. The van der Waals surface area contributed by atoms with Gasteiger partial charge in [0.15, 0.2) is 0 Å². The topological polar surface area (TPSA) is 128 Å². The number of hydrogen-bond acceptors (Lipinski definition) is 6. The van der Waals surface area contributed by atoms with Crippen molar-refractivity contribution in [1.29, 1.82) is 0 Å². The molecular weight excluding hydrogens is 474 g/mol. The first-order valence-corrected chi connectivity index (χ1v) is 12.4. The summed E-state index contributed by atoms with van der Waals surface area (Å²) < 4.78 is 13.4. The maximum absolute atomic E-state index is 12.7. The summed E-state index contributed by atoms with van der Waals surface area (Å²) in [5.74, 6) is -0.310. The molecule has 3 amide bonds. The van der Waals surface area contributed by atoms with Crippen LogP contribution in [-0.4, -0.2) is 51.4 Å². The van der Waals surface area contributed by atoms with Crippen molar-refractivity contribution in [2.45, 2.75) is 52.0 Å². The molecular formula is C27H33N5O5. The molecule has 3 aromatic rings. The van der Waals surface area contributed by atoms with Crippen molar-refractivity contribution >= 4 is 23.4 Å². The fourth-order valence-corrected chi connectivity index (χ4v) is 4.39. The largest absolute Gasteiger partial charge is 0.443 e. The molecule has 2 aromatic heterocycles. The molecule has 0 bridgehead atoms. The summed E-state index contributed by atoms with van der Waals surface area (Å²) in [5.41, 5.74) is 7.91. The van der Waals surface area contributed by atoms with Crippen LogP contribution in [-0.2, 0) is 32.3 Å². The highest BCUT2D eigenvalue weighted by Crippen LogP contribution is 2.22. The van der Waals surface area contributed by atoms with Crippen molar-refractivity contribution < 1.29 is 23.9 Å².